The molecule has 0 N–H and O–H groups in total. The molecule has 1 amide bonds. The predicted octanol–water partition coefficient (Wildman–Crippen LogP) is 0.862. The molecular weight excluding hydrogens is 135 g/mol. The number of nitrogens with zero attached hydrogens (tertiary/aromatic N) is 1. The van der Waals surface area contributed by atoms with Gasteiger partial charge in [-0.25, -0.2) is 4.90 Å². The predicted molar refractivity (Wildman–Crippen MR) is 22.0 cm³/mol. The van der Waals surface area contributed by atoms with Crippen molar-refractivity contribution in [2.45, 2.75) is 6.30 Å². The van der Waals surface area contributed by atoms with Crippen molar-refractivity contribution in [1.82, 2.24) is 4.90 Å². The smallest absolute Gasteiger partial charge is 0.269 e. The third kappa shape index (κ3) is 0.893. The largest absolute Gasteiger partial charge is 0.491 e. The van der Waals surface area contributed by atoms with E-state index in [1.54, 1.807) is 0 Å². The zero-order chi connectivity index (χ0) is 7.07. The van der Waals surface area contributed by atoms with Crippen LogP contribution in [0, 0.1) is 0 Å². The maximum absolute atomic E-state index is 11.4. The minimum atomic E-state index is -4.54. The number of hydrogen-bond acceptors (Lipinski definition) is 1. The Balaban J connectivity index is 2.67. The Kier molecular flexibility index (Phi) is 1.01. The summed E-state index contributed by atoms with van der Waals surface area (Å²) in [6.45, 7) is 0. The van der Waals surface area contributed by atoms with E-state index in [0.717, 1.165) is 6.08 Å². The van der Waals surface area contributed by atoms with E-state index in [1.807, 2.05) is 0 Å². The molecule has 2 nitrogen and oxygen atoms in total. The second-order valence-corrected chi connectivity index (χ2v) is 1.49. The molecule has 0 radical (unpaired) electrons. The van der Waals surface area contributed by atoms with E-state index >= 15 is 0 Å². The molecule has 1 aliphatic heterocycles. The van der Waals surface area contributed by atoms with Crippen molar-refractivity contribution in [1.29, 1.82) is 0 Å². The first-order chi connectivity index (χ1) is 4.02. The molecule has 0 spiro atoms. The van der Waals surface area contributed by atoms with Crippen molar-refractivity contribution in [3.05, 3.63) is 12.3 Å². The average molecular weight is 137 g/mol. The van der Waals surface area contributed by atoms with Crippen LogP contribution in [-0.2, 0) is 4.79 Å². The van der Waals surface area contributed by atoms with Gasteiger partial charge in [0.05, 0.1) is 0 Å². The topological polar surface area (TPSA) is 20.3 Å². The van der Waals surface area contributed by atoms with Crippen LogP contribution in [0.25, 0.3) is 0 Å². The quantitative estimate of drug-likeness (QED) is 0.453. The molecule has 0 bridgehead atoms. The van der Waals surface area contributed by atoms with E-state index in [1.165, 1.54) is 0 Å². The van der Waals surface area contributed by atoms with Crippen molar-refractivity contribution in [2.24, 2.45) is 0 Å². The molecule has 0 unspecified atom stereocenters. The summed E-state index contributed by atoms with van der Waals surface area (Å²) in [6, 6.07) is 0. The number of rotatable bonds is 0. The molecule has 1 heterocycles. The van der Waals surface area contributed by atoms with Gasteiger partial charge in [0.2, 0.25) is 0 Å². The second kappa shape index (κ2) is 1.49. The van der Waals surface area contributed by atoms with Crippen LogP contribution in [0.2, 0.25) is 0 Å². The summed E-state index contributed by atoms with van der Waals surface area (Å²) >= 11 is 0. The molecular formula is C4H2F3NO. The molecule has 5 heteroatoms. The summed E-state index contributed by atoms with van der Waals surface area (Å²) in [5.74, 6) is -1.01. The van der Waals surface area contributed by atoms with Crippen molar-refractivity contribution in [3.63, 3.8) is 0 Å². The van der Waals surface area contributed by atoms with Crippen molar-refractivity contribution in [3.8, 4) is 0 Å². The number of hydrogen-bond donors (Lipinski definition) is 0. The lowest BCUT2D eigenvalue weighted by atomic mass is 10.4. The summed E-state index contributed by atoms with van der Waals surface area (Å²) in [5.41, 5.74) is 0. The Labute approximate surface area is 48.6 Å². The Hall–Kier alpha value is -1.00. The first-order valence-corrected chi connectivity index (χ1v) is 2.10. The van der Waals surface area contributed by atoms with Gasteiger partial charge in [-0.15, -0.1) is 13.2 Å². The number of carbonyl (C=O) groups excluding carboxylic acids is 1. The van der Waals surface area contributed by atoms with Crippen molar-refractivity contribution >= 4 is 5.91 Å². The second-order valence-electron chi connectivity index (χ2n) is 1.49. The molecule has 0 saturated heterocycles. The highest BCUT2D eigenvalue weighted by atomic mass is 19.4. The summed E-state index contributed by atoms with van der Waals surface area (Å²) < 4.78 is 34.2. The van der Waals surface area contributed by atoms with Crippen LogP contribution in [-0.4, -0.2) is 17.1 Å². The average Bonchev–Trinajstić information content (AvgIpc) is 1.57. The van der Waals surface area contributed by atoms with Gasteiger partial charge in [-0.3, -0.25) is 4.79 Å². The minimum Gasteiger partial charge on any atom is -0.269 e. The maximum atomic E-state index is 11.4. The zero-order valence-electron chi connectivity index (χ0n) is 4.14. The van der Waals surface area contributed by atoms with Crippen LogP contribution in [0.15, 0.2) is 12.3 Å². The summed E-state index contributed by atoms with van der Waals surface area (Å²) in [6.07, 6.45) is -3.00. The number of halogens is 3. The van der Waals surface area contributed by atoms with Gasteiger partial charge < -0.3 is 0 Å². The van der Waals surface area contributed by atoms with Crippen LogP contribution < -0.4 is 0 Å². The molecule has 0 aromatic carbocycles. The maximum Gasteiger partial charge on any atom is 0.491 e. The Bertz CT molecular complexity index is 171. The number of amides is 1. The van der Waals surface area contributed by atoms with Gasteiger partial charge in [0.1, 0.15) is 0 Å². The Morgan fingerprint density at radius 2 is 2.00 bits per heavy atom. The molecule has 1 rings (SSSR count). The van der Waals surface area contributed by atoms with E-state index in [2.05, 4.69) is 0 Å². The van der Waals surface area contributed by atoms with Crippen molar-refractivity contribution < 1.29 is 18.0 Å². The highest BCUT2D eigenvalue weighted by Gasteiger charge is 2.42. The third-order valence-corrected chi connectivity index (χ3v) is 0.877. The van der Waals surface area contributed by atoms with Crippen LogP contribution in [0.4, 0.5) is 13.2 Å². The van der Waals surface area contributed by atoms with Gasteiger partial charge >= 0.3 is 6.30 Å². The fourth-order valence-electron chi connectivity index (χ4n) is 0.419. The molecule has 0 aromatic rings. The first kappa shape index (κ1) is 6.12. The number of carbonyl (C=O) groups is 1. The zero-order valence-corrected chi connectivity index (χ0v) is 4.14. The van der Waals surface area contributed by atoms with E-state index in [4.69, 9.17) is 0 Å². The van der Waals surface area contributed by atoms with Crippen LogP contribution >= 0.6 is 0 Å². The number of alkyl halides is 3. The lowest BCUT2D eigenvalue weighted by Gasteiger charge is -2.24. The molecule has 0 atom stereocenters. The summed E-state index contributed by atoms with van der Waals surface area (Å²) in [7, 11) is 0. The normalized spacial score (nSPS) is 18.1. The fraction of sp³-hybridized carbons (Fsp3) is 0.250. The molecule has 0 aliphatic carbocycles. The first-order valence-electron chi connectivity index (χ1n) is 2.10. The molecule has 1 aliphatic rings. The van der Waals surface area contributed by atoms with E-state index in [0.29, 0.717) is 6.20 Å². The Morgan fingerprint density at radius 3 is 2.00 bits per heavy atom. The van der Waals surface area contributed by atoms with Gasteiger partial charge in [-0.05, 0) is 0 Å². The molecule has 9 heavy (non-hydrogen) atoms. The van der Waals surface area contributed by atoms with Crippen LogP contribution in [0.5, 0.6) is 0 Å². The van der Waals surface area contributed by atoms with E-state index < -0.39 is 12.2 Å². The lowest BCUT2D eigenvalue weighted by Crippen LogP contribution is -2.42. The van der Waals surface area contributed by atoms with Gasteiger partial charge in [0, 0.05) is 12.3 Å². The highest BCUT2D eigenvalue weighted by molar-refractivity contribution is 5.94. The van der Waals surface area contributed by atoms with Gasteiger partial charge in [-0.2, -0.15) is 0 Å². The van der Waals surface area contributed by atoms with Crippen LogP contribution in [0.3, 0.4) is 0 Å². The summed E-state index contributed by atoms with van der Waals surface area (Å²) in [5, 5.41) is 0. The van der Waals surface area contributed by atoms with E-state index in [-0.39, 0.29) is 4.90 Å². The highest BCUT2D eigenvalue weighted by Crippen LogP contribution is 2.25. The minimum absolute atomic E-state index is 0.285. The van der Waals surface area contributed by atoms with Crippen LogP contribution in [0.1, 0.15) is 0 Å². The van der Waals surface area contributed by atoms with Crippen molar-refractivity contribution in [2.75, 3.05) is 0 Å². The fourth-order valence-corrected chi connectivity index (χ4v) is 0.419. The SMILES string of the molecule is O=C1C=CN1C(F)(F)F. The van der Waals surface area contributed by atoms with Gasteiger partial charge in [0.15, 0.2) is 0 Å². The lowest BCUT2D eigenvalue weighted by molar-refractivity contribution is -0.227. The van der Waals surface area contributed by atoms with E-state index in [9.17, 15) is 18.0 Å². The Morgan fingerprint density at radius 1 is 1.44 bits per heavy atom. The third-order valence-electron chi connectivity index (χ3n) is 0.877. The van der Waals surface area contributed by atoms with Gasteiger partial charge in [0.25, 0.3) is 5.91 Å². The van der Waals surface area contributed by atoms with Gasteiger partial charge in [-0.1, -0.05) is 0 Å². The molecule has 50 valence electrons. The molecule has 0 saturated carbocycles. The standard InChI is InChI=1S/C4H2F3NO/c5-4(6,7)8-2-1-3(8)9/h1-2H. The summed E-state index contributed by atoms with van der Waals surface area (Å²) in [4.78, 5) is 9.71. The molecule has 0 fully saturated rings. The monoisotopic (exact) mass is 137 g/mol. The molecule has 0 aromatic heterocycles.